The van der Waals surface area contributed by atoms with Crippen molar-refractivity contribution in [2.75, 3.05) is 13.2 Å². The summed E-state index contributed by atoms with van der Waals surface area (Å²) in [7, 11) is 0. The van der Waals surface area contributed by atoms with Crippen molar-refractivity contribution >= 4 is 5.91 Å². The van der Waals surface area contributed by atoms with Gasteiger partial charge in [0.15, 0.2) is 0 Å². The molecule has 0 aliphatic rings. The van der Waals surface area contributed by atoms with Crippen LogP contribution in [-0.2, 0) is 0 Å². The highest BCUT2D eigenvalue weighted by Crippen LogP contribution is 2.24. The average Bonchev–Trinajstić information content (AvgIpc) is 2.53. The number of carbonyl (C=O) groups excluding carboxylic acids is 1. The molecule has 0 aromatic heterocycles. The number of aliphatic hydroxyl groups excluding tert-OH is 1. The maximum Gasteiger partial charge on any atom is 0.255 e. The van der Waals surface area contributed by atoms with Crippen LogP contribution in [0.2, 0.25) is 0 Å². The minimum absolute atomic E-state index is 0.0242. The Morgan fingerprint density at radius 1 is 1.14 bits per heavy atom. The molecule has 0 saturated heterocycles. The fraction of sp³-hybridized carbons (Fsp3) is 0.235. The van der Waals surface area contributed by atoms with Gasteiger partial charge in [0.1, 0.15) is 11.5 Å². The number of ether oxygens (including phenoxy) is 1. The number of rotatable bonds is 6. The summed E-state index contributed by atoms with van der Waals surface area (Å²) in [5, 5.41) is 11.8. The summed E-state index contributed by atoms with van der Waals surface area (Å²) >= 11 is 0. The van der Waals surface area contributed by atoms with Crippen LogP contribution in [0.5, 0.6) is 11.5 Å². The van der Waals surface area contributed by atoms with Crippen LogP contribution < -0.4 is 10.1 Å². The molecule has 2 N–H and O–H groups in total. The van der Waals surface area contributed by atoms with Gasteiger partial charge in [-0.1, -0.05) is 37.3 Å². The minimum Gasteiger partial charge on any atom is -0.457 e. The van der Waals surface area contributed by atoms with Gasteiger partial charge in [0, 0.05) is 13.2 Å². The lowest BCUT2D eigenvalue weighted by Crippen LogP contribution is -2.29. The topological polar surface area (TPSA) is 58.6 Å². The summed E-state index contributed by atoms with van der Waals surface area (Å²) in [5.41, 5.74) is 0.478. The monoisotopic (exact) mass is 285 g/mol. The molecule has 4 heteroatoms. The molecule has 21 heavy (non-hydrogen) atoms. The molecule has 0 saturated carbocycles. The van der Waals surface area contributed by atoms with Crippen LogP contribution in [-0.4, -0.2) is 24.2 Å². The maximum atomic E-state index is 12.2. The summed E-state index contributed by atoms with van der Waals surface area (Å²) in [6.45, 7) is 2.34. The van der Waals surface area contributed by atoms with Gasteiger partial charge < -0.3 is 15.2 Å². The highest BCUT2D eigenvalue weighted by Gasteiger charge is 2.13. The third-order valence-electron chi connectivity index (χ3n) is 3.03. The Bertz CT molecular complexity index is 584. The molecular formula is C17H19NO3. The normalized spacial score (nSPS) is 11.7. The highest BCUT2D eigenvalue weighted by atomic mass is 16.5. The summed E-state index contributed by atoms with van der Waals surface area (Å²) in [6, 6.07) is 16.4. The van der Waals surface area contributed by atoms with E-state index < -0.39 is 0 Å². The third-order valence-corrected chi connectivity index (χ3v) is 3.03. The van der Waals surface area contributed by atoms with Gasteiger partial charge >= 0.3 is 0 Å². The largest absolute Gasteiger partial charge is 0.457 e. The van der Waals surface area contributed by atoms with Gasteiger partial charge in [0.2, 0.25) is 0 Å². The minimum atomic E-state index is -0.207. The Morgan fingerprint density at radius 2 is 1.81 bits per heavy atom. The molecule has 0 radical (unpaired) electrons. The second-order valence-electron chi connectivity index (χ2n) is 4.91. The molecule has 2 aromatic rings. The summed E-state index contributed by atoms with van der Waals surface area (Å²) in [4.78, 5) is 12.2. The molecule has 0 aliphatic heterocycles. The lowest BCUT2D eigenvalue weighted by Gasteiger charge is -2.13. The quantitative estimate of drug-likeness (QED) is 0.858. The van der Waals surface area contributed by atoms with Crippen molar-refractivity contribution in [1.29, 1.82) is 0 Å². The zero-order chi connectivity index (χ0) is 15.1. The molecular weight excluding hydrogens is 266 g/mol. The van der Waals surface area contributed by atoms with Crippen molar-refractivity contribution in [3.05, 3.63) is 60.2 Å². The van der Waals surface area contributed by atoms with E-state index in [1.165, 1.54) is 0 Å². The zero-order valence-corrected chi connectivity index (χ0v) is 12.0. The molecule has 0 fully saturated rings. The van der Waals surface area contributed by atoms with E-state index in [4.69, 9.17) is 9.84 Å². The zero-order valence-electron chi connectivity index (χ0n) is 12.0. The van der Waals surface area contributed by atoms with Gasteiger partial charge in [-0.15, -0.1) is 0 Å². The Morgan fingerprint density at radius 3 is 2.52 bits per heavy atom. The third kappa shape index (κ3) is 4.33. The van der Waals surface area contributed by atoms with Crippen molar-refractivity contribution in [2.45, 2.75) is 6.92 Å². The number of hydrogen-bond acceptors (Lipinski definition) is 3. The molecule has 1 atom stereocenters. The van der Waals surface area contributed by atoms with E-state index in [1.54, 1.807) is 18.2 Å². The molecule has 110 valence electrons. The average molecular weight is 285 g/mol. The van der Waals surface area contributed by atoms with E-state index in [-0.39, 0.29) is 18.4 Å². The molecule has 2 rings (SSSR count). The maximum absolute atomic E-state index is 12.2. The van der Waals surface area contributed by atoms with Crippen molar-refractivity contribution in [3.8, 4) is 11.5 Å². The van der Waals surface area contributed by atoms with Gasteiger partial charge in [0.25, 0.3) is 5.91 Å². The van der Waals surface area contributed by atoms with E-state index in [0.717, 1.165) is 0 Å². The van der Waals surface area contributed by atoms with Crippen LogP contribution in [0.3, 0.4) is 0 Å². The fourth-order valence-electron chi connectivity index (χ4n) is 1.79. The van der Waals surface area contributed by atoms with Gasteiger partial charge in [-0.3, -0.25) is 4.79 Å². The van der Waals surface area contributed by atoms with E-state index in [0.29, 0.717) is 23.6 Å². The van der Waals surface area contributed by atoms with Crippen LogP contribution >= 0.6 is 0 Å². The first kappa shape index (κ1) is 15.1. The van der Waals surface area contributed by atoms with Gasteiger partial charge in [-0.05, 0) is 30.2 Å². The lowest BCUT2D eigenvalue weighted by molar-refractivity contribution is 0.0940. The van der Waals surface area contributed by atoms with Crippen molar-refractivity contribution < 1.29 is 14.6 Å². The van der Waals surface area contributed by atoms with E-state index in [9.17, 15) is 4.79 Å². The van der Waals surface area contributed by atoms with Gasteiger partial charge in [-0.2, -0.15) is 0 Å². The number of para-hydroxylation sites is 2. The van der Waals surface area contributed by atoms with E-state index in [1.807, 2.05) is 43.3 Å². The first-order valence-corrected chi connectivity index (χ1v) is 6.91. The summed E-state index contributed by atoms with van der Waals surface area (Å²) < 4.78 is 5.75. The number of aliphatic hydroxyl groups is 1. The van der Waals surface area contributed by atoms with Crippen molar-refractivity contribution in [1.82, 2.24) is 5.32 Å². The molecule has 1 amide bonds. The smallest absolute Gasteiger partial charge is 0.255 e. The molecule has 0 aliphatic carbocycles. The Labute approximate surface area is 124 Å². The molecule has 2 aromatic carbocycles. The van der Waals surface area contributed by atoms with Crippen LogP contribution in [0, 0.1) is 5.92 Å². The summed E-state index contributed by atoms with van der Waals surface area (Å²) in [6.07, 6.45) is 0. The standard InChI is InChI=1S/C17H19NO3/c1-13(12-19)11-18-17(20)15-9-5-6-10-16(15)21-14-7-3-2-4-8-14/h2-10,13,19H,11-12H2,1H3,(H,18,20). The van der Waals surface area contributed by atoms with Crippen LogP contribution in [0.1, 0.15) is 17.3 Å². The number of carbonyl (C=O) groups is 1. The molecule has 1 unspecified atom stereocenters. The second-order valence-corrected chi connectivity index (χ2v) is 4.91. The number of amides is 1. The van der Waals surface area contributed by atoms with Crippen LogP contribution in [0.15, 0.2) is 54.6 Å². The first-order valence-electron chi connectivity index (χ1n) is 6.91. The van der Waals surface area contributed by atoms with Crippen molar-refractivity contribution in [2.24, 2.45) is 5.92 Å². The molecule has 0 bridgehead atoms. The molecule has 0 heterocycles. The number of benzene rings is 2. The van der Waals surface area contributed by atoms with Crippen LogP contribution in [0.25, 0.3) is 0 Å². The molecule has 0 spiro atoms. The van der Waals surface area contributed by atoms with Crippen LogP contribution in [0.4, 0.5) is 0 Å². The van der Waals surface area contributed by atoms with Crippen molar-refractivity contribution in [3.63, 3.8) is 0 Å². The first-order chi connectivity index (χ1) is 10.2. The predicted molar refractivity (Wildman–Crippen MR) is 81.5 cm³/mol. The van der Waals surface area contributed by atoms with Gasteiger partial charge in [-0.25, -0.2) is 0 Å². The summed E-state index contributed by atoms with van der Waals surface area (Å²) in [5.74, 6) is 1.01. The van der Waals surface area contributed by atoms with E-state index in [2.05, 4.69) is 5.32 Å². The highest BCUT2D eigenvalue weighted by molar-refractivity contribution is 5.97. The predicted octanol–water partition coefficient (Wildman–Crippen LogP) is 2.84. The van der Waals surface area contributed by atoms with Gasteiger partial charge in [0.05, 0.1) is 5.56 Å². The lowest BCUT2D eigenvalue weighted by atomic mass is 10.1. The second kappa shape index (κ2) is 7.45. The Kier molecular flexibility index (Phi) is 5.35. The fourth-order valence-corrected chi connectivity index (χ4v) is 1.79. The number of hydrogen-bond donors (Lipinski definition) is 2. The number of nitrogens with one attached hydrogen (secondary N) is 1. The SMILES string of the molecule is CC(CO)CNC(=O)c1ccccc1Oc1ccccc1. The Balaban J connectivity index is 2.11. The Hall–Kier alpha value is -2.33. The van der Waals surface area contributed by atoms with E-state index >= 15 is 0 Å². The molecule has 4 nitrogen and oxygen atoms in total.